The SMILES string of the molecule is COc1ccc(C(C)c2ccc(OC(=O)c3ccc(Cc4ccc(C(C)=O)cc4)cc3)c(C)c2)cc1C. The molecule has 1 atom stereocenters. The van der Waals surface area contributed by atoms with Gasteiger partial charge in [-0.3, -0.25) is 4.79 Å². The number of methoxy groups -OCH3 is 1. The van der Waals surface area contributed by atoms with Gasteiger partial charge in [-0.2, -0.15) is 0 Å². The van der Waals surface area contributed by atoms with Gasteiger partial charge >= 0.3 is 5.97 Å². The average Bonchev–Trinajstić information content (AvgIpc) is 2.90. The Labute approximate surface area is 218 Å². The van der Waals surface area contributed by atoms with Crippen molar-refractivity contribution in [1.29, 1.82) is 0 Å². The van der Waals surface area contributed by atoms with Crippen molar-refractivity contribution in [2.75, 3.05) is 7.11 Å². The molecule has 4 aromatic rings. The summed E-state index contributed by atoms with van der Waals surface area (Å²) in [6.07, 6.45) is 0.722. The smallest absolute Gasteiger partial charge is 0.343 e. The van der Waals surface area contributed by atoms with E-state index in [1.807, 2.05) is 68.4 Å². The molecule has 0 saturated heterocycles. The van der Waals surface area contributed by atoms with Gasteiger partial charge in [0.1, 0.15) is 11.5 Å². The van der Waals surface area contributed by atoms with Crippen LogP contribution in [0, 0.1) is 13.8 Å². The number of carbonyl (C=O) groups is 2. The Hall–Kier alpha value is -4.18. The number of benzene rings is 4. The third-order valence-corrected chi connectivity index (χ3v) is 6.78. The average molecular weight is 493 g/mol. The Balaban J connectivity index is 1.41. The van der Waals surface area contributed by atoms with Crippen molar-refractivity contribution < 1.29 is 19.1 Å². The van der Waals surface area contributed by atoms with E-state index in [9.17, 15) is 9.59 Å². The fourth-order valence-corrected chi connectivity index (χ4v) is 4.43. The first-order chi connectivity index (χ1) is 17.7. The second kappa shape index (κ2) is 11.3. The minimum absolute atomic E-state index is 0.0566. The van der Waals surface area contributed by atoms with Crippen LogP contribution in [0.3, 0.4) is 0 Å². The third kappa shape index (κ3) is 6.15. The summed E-state index contributed by atoms with van der Waals surface area (Å²) in [4.78, 5) is 24.3. The van der Waals surface area contributed by atoms with Crippen molar-refractivity contribution in [3.63, 3.8) is 0 Å². The number of esters is 1. The van der Waals surface area contributed by atoms with Crippen LogP contribution >= 0.6 is 0 Å². The van der Waals surface area contributed by atoms with Gasteiger partial charge in [0.2, 0.25) is 0 Å². The number of ketones is 1. The van der Waals surface area contributed by atoms with Crippen LogP contribution in [0.15, 0.2) is 84.9 Å². The van der Waals surface area contributed by atoms with Gasteiger partial charge in [-0.15, -0.1) is 0 Å². The topological polar surface area (TPSA) is 52.6 Å². The first-order valence-corrected chi connectivity index (χ1v) is 12.4. The maximum absolute atomic E-state index is 12.8. The molecule has 0 aromatic heterocycles. The van der Waals surface area contributed by atoms with Crippen LogP contribution in [0.2, 0.25) is 0 Å². The first kappa shape index (κ1) is 25.9. The summed E-state index contributed by atoms with van der Waals surface area (Å²) < 4.78 is 11.1. The van der Waals surface area contributed by atoms with E-state index in [4.69, 9.17) is 9.47 Å². The number of hydrogen-bond acceptors (Lipinski definition) is 4. The maximum Gasteiger partial charge on any atom is 0.343 e. The zero-order valence-electron chi connectivity index (χ0n) is 22.0. The van der Waals surface area contributed by atoms with Crippen molar-refractivity contribution in [3.05, 3.63) is 129 Å². The van der Waals surface area contributed by atoms with Crippen LogP contribution < -0.4 is 9.47 Å². The van der Waals surface area contributed by atoms with E-state index in [1.54, 1.807) is 26.2 Å². The molecule has 0 amide bonds. The molecule has 1 unspecified atom stereocenters. The van der Waals surface area contributed by atoms with Gasteiger partial charge in [0.15, 0.2) is 5.78 Å². The van der Waals surface area contributed by atoms with Crippen molar-refractivity contribution in [1.82, 2.24) is 0 Å². The summed E-state index contributed by atoms with van der Waals surface area (Å²) >= 11 is 0. The number of rotatable bonds is 8. The Morgan fingerprint density at radius 3 is 1.65 bits per heavy atom. The number of Topliss-reactive ketones (excluding diaryl/α,β-unsaturated/α-hetero) is 1. The highest BCUT2D eigenvalue weighted by atomic mass is 16.5. The second-order valence-corrected chi connectivity index (χ2v) is 9.49. The lowest BCUT2D eigenvalue weighted by atomic mass is 9.91. The normalized spacial score (nSPS) is 11.6. The number of aryl methyl sites for hydroxylation is 2. The monoisotopic (exact) mass is 492 g/mol. The molecule has 4 nitrogen and oxygen atoms in total. The van der Waals surface area contributed by atoms with Crippen molar-refractivity contribution in [3.8, 4) is 11.5 Å². The Morgan fingerprint density at radius 1 is 0.703 bits per heavy atom. The third-order valence-electron chi connectivity index (χ3n) is 6.78. The molecule has 0 saturated carbocycles. The van der Waals surface area contributed by atoms with E-state index in [1.165, 1.54) is 5.56 Å². The van der Waals surface area contributed by atoms with Gasteiger partial charge in [0, 0.05) is 11.5 Å². The largest absolute Gasteiger partial charge is 0.496 e. The summed E-state index contributed by atoms with van der Waals surface area (Å²) in [6.45, 7) is 7.73. The summed E-state index contributed by atoms with van der Waals surface area (Å²) in [7, 11) is 1.68. The summed E-state index contributed by atoms with van der Waals surface area (Å²) in [5.74, 6) is 1.31. The zero-order chi connectivity index (χ0) is 26.5. The van der Waals surface area contributed by atoms with Gasteiger partial charge in [0.25, 0.3) is 0 Å². The fourth-order valence-electron chi connectivity index (χ4n) is 4.43. The van der Waals surface area contributed by atoms with Gasteiger partial charge in [-0.1, -0.05) is 67.6 Å². The molecule has 4 aromatic carbocycles. The van der Waals surface area contributed by atoms with Crippen LogP contribution in [-0.4, -0.2) is 18.9 Å². The minimum atomic E-state index is -0.382. The van der Waals surface area contributed by atoms with E-state index < -0.39 is 0 Å². The van der Waals surface area contributed by atoms with Crippen LogP contribution in [0.5, 0.6) is 11.5 Å². The molecule has 188 valence electrons. The molecule has 0 aliphatic rings. The molecule has 0 aliphatic heterocycles. The van der Waals surface area contributed by atoms with Crippen LogP contribution in [0.25, 0.3) is 0 Å². The second-order valence-electron chi connectivity index (χ2n) is 9.49. The number of hydrogen-bond donors (Lipinski definition) is 0. The molecule has 0 radical (unpaired) electrons. The maximum atomic E-state index is 12.8. The lowest BCUT2D eigenvalue weighted by Crippen LogP contribution is -2.10. The molecule has 0 fully saturated rings. The van der Waals surface area contributed by atoms with Crippen molar-refractivity contribution >= 4 is 11.8 Å². The molecular weight excluding hydrogens is 460 g/mol. The van der Waals surface area contributed by atoms with Gasteiger partial charge in [-0.05, 0) is 84.8 Å². The lowest BCUT2D eigenvalue weighted by molar-refractivity contribution is 0.0733. The summed E-state index contributed by atoms with van der Waals surface area (Å²) in [6, 6.07) is 27.3. The standard InChI is InChI=1S/C33H32O4/c1-21-18-29(14-16-31(21)36-5)23(3)30-15-17-32(22(2)19-30)37-33(35)28-12-8-26(9-13-28)20-25-6-10-27(11-7-25)24(4)34/h6-19,23H,20H2,1-5H3. The van der Waals surface area contributed by atoms with Crippen LogP contribution in [-0.2, 0) is 6.42 Å². The van der Waals surface area contributed by atoms with Gasteiger partial charge in [0.05, 0.1) is 12.7 Å². The predicted molar refractivity (Wildman–Crippen MR) is 147 cm³/mol. The molecule has 0 spiro atoms. The van der Waals surface area contributed by atoms with Crippen molar-refractivity contribution in [2.24, 2.45) is 0 Å². The van der Waals surface area contributed by atoms with Crippen LogP contribution in [0.1, 0.15) is 73.9 Å². The zero-order valence-corrected chi connectivity index (χ0v) is 22.0. The molecule has 0 heterocycles. The highest BCUT2D eigenvalue weighted by molar-refractivity contribution is 5.94. The van der Waals surface area contributed by atoms with Crippen molar-refractivity contribution in [2.45, 2.75) is 40.0 Å². The molecular formula is C33H32O4. The van der Waals surface area contributed by atoms with E-state index in [0.717, 1.165) is 40.0 Å². The Morgan fingerprint density at radius 2 is 1.19 bits per heavy atom. The Kier molecular flexibility index (Phi) is 7.88. The molecule has 37 heavy (non-hydrogen) atoms. The van der Waals surface area contributed by atoms with E-state index in [-0.39, 0.29) is 17.7 Å². The van der Waals surface area contributed by atoms with Gasteiger partial charge < -0.3 is 9.47 Å². The van der Waals surface area contributed by atoms with E-state index in [2.05, 4.69) is 25.1 Å². The van der Waals surface area contributed by atoms with E-state index in [0.29, 0.717) is 16.9 Å². The number of carbonyl (C=O) groups excluding carboxylic acids is 2. The van der Waals surface area contributed by atoms with E-state index >= 15 is 0 Å². The minimum Gasteiger partial charge on any atom is -0.496 e. The fraction of sp³-hybridized carbons (Fsp3) is 0.212. The highest BCUT2D eigenvalue weighted by Gasteiger charge is 2.15. The molecule has 4 heteroatoms. The first-order valence-electron chi connectivity index (χ1n) is 12.4. The molecule has 0 N–H and O–H groups in total. The number of ether oxygens (including phenoxy) is 2. The van der Waals surface area contributed by atoms with Gasteiger partial charge in [-0.25, -0.2) is 4.79 Å². The lowest BCUT2D eigenvalue weighted by Gasteiger charge is -2.16. The summed E-state index contributed by atoms with van der Waals surface area (Å²) in [5.41, 5.74) is 7.77. The molecule has 0 aliphatic carbocycles. The molecule has 0 bridgehead atoms. The predicted octanol–water partition coefficient (Wildman–Crippen LogP) is 7.48. The Bertz CT molecular complexity index is 1420. The highest BCUT2D eigenvalue weighted by Crippen LogP contribution is 2.31. The van der Waals surface area contributed by atoms with Crippen LogP contribution in [0.4, 0.5) is 0 Å². The summed E-state index contributed by atoms with van der Waals surface area (Å²) in [5, 5.41) is 0. The molecule has 4 rings (SSSR count). The quantitative estimate of drug-likeness (QED) is 0.145.